The first-order valence-corrected chi connectivity index (χ1v) is 4.13. The van der Waals surface area contributed by atoms with E-state index >= 15 is 0 Å². The highest BCUT2D eigenvalue weighted by Gasteiger charge is 1.93. The van der Waals surface area contributed by atoms with Crippen LogP contribution >= 0.6 is 11.6 Å². The number of carbonyl (C=O) groups is 1. The molecule has 1 aromatic heterocycles. The van der Waals surface area contributed by atoms with Gasteiger partial charge in [-0.05, 0) is 6.07 Å². The first-order valence-electron chi connectivity index (χ1n) is 3.75. The maximum Gasteiger partial charge on any atom is 0.405 e. The van der Waals surface area contributed by atoms with Crippen molar-refractivity contribution in [3.63, 3.8) is 0 Å². The van der Waals surface area contributed by atoms with Gasteiger partial charge in [-0.2, -0.15) is 0 Å². The summed E-state index contributed by atoms with van der Waals surface area (Å²) in [6, 6.07) is 1.62. The van der Waals surface area contributed by atoms with Crippen molar-refractivity contribution in [2.45, 2.75) is 0 Å². The molecule has 72 valence electrons. The van der Waals surface area contributed by atoms with Gasteiger partial charge in [-0.1, -0.05) is 23.4 Å². The van der Waals surface area contributed by atoms with Crippen molar-refractivity contribution >= 4 is 17.7 Å². The summed E-state index contributed by atoms with van der Waals surface area (Å²) in [5.41, 5.74) is 0.585. The van der Waals surface area contributed by atoms with Crippen molar-refractivity contribution in [2.24, 2.45) is 0 Å². The van der Waals surface area contributed by atoms with Crippen LogP contribution in [0.15, 0.2) is 18.5 Å². The molecule has 1 heterocycles. The molecule has 0 aliphatic heterocycles. The minimum Gasteiger partial charge on any atom is -0.465 e. The molecule has 1 aromatic rings. The van der Waals surface area contributed by atoms with E-state index in [2.05, 4.69) is 22.1 Å². The van der Waals surface area contributed by atoms with Crippen LogP contribution in [-0.2, 0) is 0 Å². The van der Waals surface area contributed by atoms with Gasteiger partial charge in [-0.15, -0.1) is 0 Å². The molecule has 0 aromatic carbocycles. The lowest BCUT2D eigenvalue weighted by Gasteiger charge is -1.92. The first-order chi connectivity index (χ1) is 6.70. The molecule has 0 aliphatic rings. The van der Waals surface area contributed by atoms with Gasteiger partial charge in [-0.3, -0.25) is 4.98 Å². The van der Waals surface area contributed by atoms with Crippen molar-refractivity contribution in [2.75, 3.05) is 6.54 Å². The van der Waals surface area contributed by atoms with Crippen LogP contribution in [0.25, 0.3) is 0 Å². The number of nitrogens with zero attached hydrogens (tertiary/aromatic N) is 1. The van der Waals surface area contributed by atoms with Gasteiger partial charge in [0.25, 0.3) is 0 Å². The number of nitrogens with one attached hydrogen (secondary N) is 1. The van der Waals surface area contributed by atoms with E-state index in [1.807, 2.05) is 0 Å². The number of halogens is 1. The van der Waals surface area contributed by atoms with Crippen molar-refractivity contribution < 1.29 is 9.90 Å². The summed E-state index contributed by atoms with van der Waals surface area (Å²) in [6.07, 6.45) is 1.98. The van der Waals surface area contributed by atoms with Gasteiger partial charge in [0, 0.05) is 12.4 Å². The second-order valence-corrected chi connectivity index (χ2v) is 2.72. The van der Waals surface area contributed by atoms with E-state index < -0.39 is 6.09 Å². The van der Waals surface area contributed by atoms with E-state index in [0.717, 1.165) is 0 Å². The second kappa shape index (κ2) is 5.10. The number of pyridine rings is 1. The Hall–Kier alpha value is -1.73. The third-order valence-electron chi connectivity index (χ3n) is 1.32. The fourth-order valence-electron chi connectivity index (χ4n) is 0.729. The average Bonchev–Trinajstić information content (AvgIpc) is 2.15. The summed E-state index contributed by atoms with van der Waals surface area (Å²) in [5.74, 6) is 5.31. The predicted molar refractivity (Wildman–Crippen MR) is 52.2 cm³/mol. The number of carboxylic acid groups (broad SMARTS) is 1. The van der Waals surface area contributed by atoms with Crippen molar-refractivity contribution in [3.8, 4) is 11.8 Å². The Morgan fingerprint density at radius 1 is 1.71 bits per heavy atom. The van der Waals surface area contributed by atoms with E-state index in [-0.39, 0.29) is 6.54 Å². The number of aromatic nitrogens is 1. The number of rotatable bonds is 1. The Labute approximate surface area is 85.9 Å². The molecule has 0 saturated carbocycles. The van der Waals surface area contributed by atoms with E-state index in [1.165, 1.54) is 6.20 Å². The SMILES string of the molecule is O=C(O)NCC#Cc1cnccc1Cl. The number of amides is 1. The van der Waals surface area contributed by atoms with Crippen LogP contribution < -0.4 is 5.32 Å². The Bertz CT molecular complexity index is 395. The fraction of sp³-hybridized carbons (Fsp3) is 0.111. The van der Waals surface area contributed by atoms with Crippen LogP contribution in [0.5, 0.6) is 0 Å². The lowest BCUT2D eigenvalue weighted by molar-refractivity contribution is 0.196. The molecular formula is C9H7ClN2O2. The number of hydrogen-bond donors (Lipinski definition) is 2. The van der Waals surface area contributed by atoms with Crippen LogP contribution in [0.2, 0.25) is 5.02 Å². The predicted octanol–water partition coefficient (Wildman–Crippen LogP) is 1.35. The molecule has 0 saturated heterocycles. The monoisotopic (exact) mass is 210 g/mol. The van der Waals surface area contributed by atoms with Crippen LogP contribution in [0.1, 0.15) is 5.56 Å². The zero-order chi connectivity index (χ0) is 10.4. The standard InChI is InChI=1S/C9H7ClN2O2/c10-8-3-5-11-6-7(8)2-1-4-12-9(13)14/h3,5-6,12H,4H2,(H,13,14). The van der Waals surface area contributed by atoms with Crippen molar-refractivity contribution in [1.82, 2.24) is 10.3 Å². The topological polar surface area (TPSA) is 62.2 Å². The summed E-state index contributed by atoms with van der Waals surface area (Å²) in [4.78, 5) is 13.9. The molecule has 1 rings (SSSR count). The molecule has 0 fully saturated rings. The lowest BCUT2D eigenvalue weighted by atomic mass is 10.3. The van der Waals surface area contributed by atoms with Gasteiger partial charge in [0.1, 0.15) is 0 Å². The fourth-order valence-corrected chi connectivity index (χ4v) is 0.881. The first kappa shape index (κ1) is 10.4. The van der Waals surface area contributed by atoms with E-state index in [4.69, 9.17) is 16.7 Å². The van der Waals surface area contributed by atoms with Crippen molar-refractivity contribution in [3.05, 3.63) is 29.0 Å². The highest BCUT2D eigenvalue weighted by atomic mass is 35.5. The quantitative estimate of drug-likeness (QED) is 0.688. The third-order valence-corrected chi connectivity index (χ3v) is 1.65. The summed E-state index contributed by atoms with van der Waals surface area (Å²) in [5, 5.41) is 10.9. The van der Waals surface area contributed by atoms with Crippen LogP contribution in [-0.4, -0.2) is 22.7 Å². The van der Waals surface area contributed by atoms with Gasteiger partial charge >= 0.3 is 6.09 Å². The summed E-state index contributed by atoms with van der Waals surface area (Å²) >= 11 is 5.79. The minimum absolute atomic E-state index is 0.0700. The van der Waals surface area contributed by atoms with Gasteiger partial charge < -0.3 is 10.4 Å². The highest BCUT2D eigenvalue weighted by Crippen LogP contribution is 2.11. The Balaban J connectivity index is 2.59. The molecule has 2 N–H and O–H groups in total. The molecular weight excluding hydrogens is 204 g/mol. The second-order valence-electron chi connectivity index (χ2n) is 2.32. The smallest absolute Gasteiger partial charge is 0.405 e. The molecule has 5 heteroatoms. The molecule has 1 amide bonds. The zero-order valence-electron chi connectivity index (χ0n) is 7.12. The Morgan fingerprint density at radius 2 is 2.50 bits per heavy atom. The maximum absolute atomic E-state index is 10.1. The van der Waals surface area contributed by atoms with Gasteiger partial charge in [0.2, 0.25) is 0 Å². The Morgan fingerprint density at radius 3 is 3.14 bits per heavy atom. The largest absolute Gasteiger partial charge is 0.465 e. The molecule has 4 nitrogen and oxygen atoms in total. The molecule has 0 bridgehead atoms. The maximum atomic E-state index is 10.1. The Kier molecular flexibility index (Phi) is 3.77. The van der Waals surface area contributed by atoms with E-state index in [1.54, 1.807) is 12.3 Å². The zero-order valence-corrected chi connectivity index (χ0v) is 7.88. The van der Waals surface area contributed by atoms with Crippen LogP contribution in [0, 0.1) is 11.8 Å². The van der Waals surface area contributed by atoms with Crippen LogP contribution in [0.4, 0.5) is 4.79 Å². The normalized spacial score (nSPS) is 8.64. The molecule has 0 radical (unpaired) electrons. The summed E-state index contributed by atoms with van der Waals surface area (Å²) in [6.45, 7) is 0.0700. The molecule has 14 heavy (non-hydrogen) atoms. The lowest BCUT2D eigenvalue weighted by Crippen LogP contribution is -2.20. The molecule has 0 unspecified atom stereocenters. The van der Waals surface area contributed by atoms with Gasteiger partial charge in [0.05, 0.1) is 17.1 Å². The van der Waals surface area contributed by atoms with Crippen molar-refractivity contribution in [1.29, 1.82) is 0 Å². The molecule has 0 aliphatic carbocycles. The third kappa shape index (κ3) is 3.33. The molecule has 0 spiro atoms. The van der Waals surface area contributed by atoms with Crippen LogP contribution in [0.3, 0.4) is 0 Å². The average molecular weight is 211 g/mol. The van der Waals surface area contributed by atoms with E-state index in [9.17, 15) is 4.79 Å². The molecule has 0 atom stereocenters. The minimum atomic E-state index is -1.10. The van der Waals surface area contributed by atoms with Gasteiger partial charge in [0.15, 0.2) is 0 Å². The van der Waals surface area contributed by atoms with E-state index in [0.29, 0.717) is 10.6 Å². The highest BCUT2D eigenvalue weighted by molar-refractivity contribution is 6.31. The summed E-state index contributed by atoms with van der Waals surface area (Å²) in [7, 11) is 0. The number of hydrogen-bond acceptors (Lipinski definition) is 2. The van der Waals surface area contributed by atoms with Gasteiger partial charge in [-0.25, -0.2) is 4.79 Å². The summed E-state index contributed by atoms with van der Waals surface area (Å²) < 4.78 is 0.